The van der Waals surface area contributed by atoms with Crippen LogP contribution in [0, 0.1) is 0 Å². The summed E-state index contributed by atoms with van der Waals surface area (Å²) in [7, 11) is 1.76. The Hall–Kier alpha value is -2.12. The smallest absolute Gasteiger partial charge is 0.253 e. The maximum atomic E-state index is 12.1. The highest BCUT2D eigenvalue weighted by Crippen LogP contribution is 2.28. The van der Waals surface area contributed by atoms with Crippen LogP contribution in [0.2, 0.25) is 5.15 Å². The van der Waals surface area contributed by atoms with E-state index in [4.69, 9.17) is 17.3 Å². The van der Waals surface area contributed by atoms with Crippen LogP contribution in [0.15, 0.2) is 18.5 Å². The lowest BCUT2D eigenvalue weighted by molar-refractivity contribution is 0.0925. The second kappa shape index (κ2) is 6.11. The average molecular weight is 310 g/mol. The molecule has 0 saturated carbocycles. The third kappa shape index (κ3) is 3.50. The predicted octanol–water partition coefficient (Wildman–Crippen LogP) is 0.828. The molecule has 2 aromatic rings. The van der Waals surface area contributed by atoms with E-state index in [-0.39, 0.29) is 22.9 Å². The van der Waals surface area contributed by atoms with Gasteiger partial charge in [0.1, 0.15) is 5.15 Å². The molecule has 0 saturated heterocycles. The fourth-order valence-corrected chi connectivity index (χ4v) is 2.00. The van der Waals surface area contributed by atoms with Crippen LogP contribution in [-0.2, 0) is 7.05 Å². The van der Waals surface area contributed by atoms with Gasteiger partial charge in [-0.15, -0.1) is 0 Å². The lowest BCUT2D eigenvalue weighted by Crippen LogP contribution is -2.31. The summed E-state index contributed by atoms with van der Waals surface area (Å²) < 4.78 is 1.60. The van der Waals surface area contributed by atoms with Gasteiger partial charge in [0.2, 0.25) is 0 Å². The number of carbonyl (C=O) groups excluding carboxylic acids is 1. The number of aliphatic hydroxyl groups excluding tert-OH is 1. The molecule has 7 nitrogen and oxygen atoms in total. The minimum Gasteiger partial charge on any atom is -0.396 e. The number of amides is 1. The first-order chi connectivity index (χ1) is 9.88. The molecule has 0 aliphatic rings. The van der Waals surface area contributed by atoms with Gasteiger partial charge in [0.05, 0.1) is 29.2 Å². The first kappa shape index (κ1) is 15.3. The van der Waals surface area contributed by atoms with E-state index in [1.165, 1.54) is 6.07 Å². The molecule has 0 unspecified atom stereocenters. The molecule has 0 radical (unpaired) electrons. The molecule has 4 N–H and O–H groups in total. The number of nitrogen functional groups attached to an aromatic ring is 1. The van der Waals surface area contributed by atoms with Crippen molar-refractivity contribution in [2.75, 3.05) is 12.3 Å². The topological polar surface area (TPSA) is 106 Å². The number of hydrogen-bond acceptors (Lipinski definition) is 5. The minimum atomic E-state index is -0.648. The summed E-state index contributed by atoms with van der Waals surface area (Å²) in [5.74, 6) is -0.414. The lowest BCUT2D eigenvalue weighted by atomic mass is 10.1. The number of aliphatic hydroxyl groups is 1. The van der Waals surface area contributed by atoms with E-state index in [9.17, 15) is 9.90 Å². The van der Waals surface area contributed by atoms with Gasteiger partial charge in [0.15, 0.2) is 0 Å². The number of aryl methyl sites for hydroxylation is 1. The Bertz CT molecular complexity index is 669. The van der Waals surface area contributed by atoms with Crippen LogP contribution in [0.5, 0.6) is 0 Å². The fraction of sp³-hybridized carbons (Fsp3) is 0.308. The molecule has 2 rings (SSSR count). The average Bonchev–Trinajstić information content (AvgIpc) is 2.84. The fourth-order valence-electron chi connectivity index (χ4n) is 1.81. The van der Waals surface area contributed by atoms with Gasteiger partial charge >= 0.3 is 0 Å². The number of pyridine rings is 1. The van der Waals surface area contributed by atoms with Crippen LogP contribution >= 0.6 is 11.6 Å². The van der Waals surface area contributed by atoms with Gasteiger partial charge in [0, 0.05) is 25.4 Å². The summed E-state index contributed by atoms with van der Waals surface area (Å²) in [6.45, 7) is 1.70. The highest BCUT2D eigenvalue weighted by atomic mass is 35.5. The zero-order valence-electron chi connectivity index (χ0n) is 11.7. The summed E-state index contributed by atoms with van der Waals surface area (Å²) in [5, 5.41) is 16.0. The number of nitrogens with zero attached hydrogens (tertiary/aromatic N) is 3. The molecule has 0 bridgehead atoms. The molecule has 2 heterocycles. The quantitative estimate of drug-likeness (QED) is 0.725. The van der Waals surface area contributed by atoms with Crippen LogP contribution < -0.4 is 11.1 Å². The van der Waals surface area contributed by atoms with Gasteiger partial charge in [-0.25, -0.2) is 4.98 Å². The van der Waals surface area contributed by atoms with Crippen molar-refractivity contribution in [3.05, 3.63) is 29.2 Å². The van der Waals surface area contributed by atoms with Crippen molar-refractivity contribution in [1.29, 1.82) is 0 Å². The van der Waals surface area contributed by atoms with Crippen molar-refractivity contribution < 1.29 is 9.90 Å². The number of aromatic nitrogens is 3. The SMILES string of the molecule is C[C@@H](O)CNC(=O)c1cc(Cl)nc(-c2cnn(C)c2)c1N. The second-order valence-electron chi connectivity index (χ2n) is 4.72. The Morgan fingerprint density at radius 2 is 2.33 bits per heavy atom. The van der Waals surface area contributed by atoms with E-state index in [1.54, 1.807) is 31.0 Å². The Morgan fingerprint density at radius 1 is 1.62 bits per heavy atom. The van der Waals surface area contributed by atoms with E-state index in [0.29, 0.717) is 11.3 Å². The van der Waals surface area contributed by atoms with Crippen molar-refractivity contribution in [3.63, 3.8) is 0 Å². The zero-order valence-corrected chi connectivity index (χ0v) is 12.4. The molecule has 0 aliphatic heterocycles. The van der Waals surface area contributed by atoms with Crippen LogP contribution in [0.3, 0.4) is 0 Å². The van der Waals surface area contributed by atoms with Gasteiger partial charge < -0.3 is 16.2 Å². The van der Waals surface area contributed by atoms with Gasteiger partial charge in [-0.3, -0.25) is 9.48 Å². The Labute approximate surface area is 126 Å². The van der Waals surface area contributed by atoms with Gasteiger partial charge in [-0.1, -0.05) is 11.6 Å². The van der Waals surface area contributed by atoms with Crippen molar-refractivity contribution in [3.8, 4) is 11.3 Å². The van der Waals surface area contributed by atoms with Crippen LogP contribution in [0.4, 0.5) is 5.69 Å². The summed E-state index contributed by atoms with van der Waals surface area (Å²) in [5.41, 5.74) is 7.52. The largest absolute Gasteiger partial charge is 0.396 e. The van der Waals surface area contributed by atoms with Crippen molar-refractivity contribution in [2.45, 2.75) is 13.0 Å². The molecule has 0 aromatic carbocycles. The molecule has 2 aromatic heterocycles. The third-order valence-corrected chi connectivity index (χ3v) is 3.00. The number of carbonyl (C=O) groups is 1. The number of halogens is 1. The first-order valence-electron chi connectivity index (χ1n) is 6.29. The van der Waals surface area contributed by atoms with Crippen LogP contribution in [-0.4, -0.2) is 38.4 Å². The van der Waals surface area contributed by atoms with E-state index in [2.05, 4.69) is 15.4 Å². The monoisotopic (exact) mass is 309 g/mol. The third-order valence-electron chi connectivity index (χ3n) is 2.81. The van der Waals surface area contributed by atoms with E-state index in [1.807, 2.05) is 0 Å². The summed E-state index contributed by atoms with van der Waals surface area (Å²) in [4.78, 5) is 16.3. The van der Waals surface area contributed by atoms with Crippen molar-refractivity contribution in [2.24, 2.45) is 7.05 Å². The zero-order chi connectivity index (χ0) is 15.6. The standard InChI is InChI=1S/C13H16ClN5O2/c1-7(20)4-16-13(21)9-3-10(14)18-12(11(9)15)8-5-17-19(2)6-8/h3,5-7,20H,4,15H2,1-2H3,(H,16,21)/t7-/m1/s1. The number of nitrogens with two attached hydrogens (primary N) is 1. The molecule has 0 aliphatic carbocycles. The molecular formula is C13H16ClN5O2. The van der Waals surface area contributed by atoms with Crippen LogP contribution in [0.1, 0.15) is 17.3 Å². The van der Waals surface area contributed by atoms with Crippen molar-refractivity contribution in [1.82, 2.24) is 20.1 Å². The molecule has 1 atom stereocenters. The van der Waals surface area contributed by atoms with Gasteiger partial charge in [0.25, 0.3) is 5.91 Å². The highest BCUT2D eigenvalue weighted by Gasteiger charge is 2.17. The highest BCUT2D eigenvalue weighted by molar-refractivity contribution is 6.30. The summed E-state index contributed by atoms with van der Waals surface area (Å²) in [6, 6.07) is 1.40. The van der Waals surface area contributed by atoms with E-state index >= 15 is 0 Å². The van der Waals surface area contributed by atoms with Crippen LogP contribution in [0.25, 0.3) is 11.3 Å². The number of hydrogen-bond donors (Lipinski definition) is 3. The maximum absolute atomic E-state index is 12.1. The Balaban J connectivity index is 2.39. The minimum absolute atomic E-state index is 0.125. The molecule has 8 heteroatoms. The van der Waals surface area contributed by atoms with Gasteiger partial charge in [-0.05, 0) is 13.0 Å². The van der Waals surface area contributed by atoms with Gasteiger partial charge in [-0.2, -0.15) is 5.10 Å². The second-order valence-corrected chi connectivity index (χ2v) is 5.10. The van der Waals surface area contributed by atoms with Crippen molar-refractivity contribution >= 4 is 23.2 Å². The molecule has 21 heavy (non-hydrogen) atoms. The first-order valence-corrected chi connectivity index (χ1v) is 6.67. The predicted molar refractivity (Wildman–Crippen MR) is 79.9 cm³/mol. The number of nitrogens with one attached hydrogen (secondary N) is 1. The molecule has 1 amide bonds. The summed E-state index contributed by atoms with van der Waals surface area (Å²) in [6.07, 6.45) is 2.67. The maximum Gasteiger partial charge on any atom is 0.253 e. The normalized spacial score (nSPS) is 12.2. The lowest BCUT2D eigenvalue weighted by Gasteiger charge is -2.11. The Kier molecular flexibility index (Phi) is 4.44. The molecule has 112 valence electrons. The number of anilines is 1. The van der Waals surface area contributed by atoms with E-state index in [0.717, 1.165) is 0 Å². The molecule has 0 spiro atoms. The summed E-state index contributed by atoms with van der Waals surface area (Å²) >= 11 is 5.96. The number of rotatable bonds is 4. The Morgan fingerprint density at radius 3 is 2.90 bits per heavy atom. The molecular weight excluding hydrogens is 294 g/mol. The molecule has 0 fully saturated rings. The van der Waals surface area contributed by atoms with E-state index < -0.39 is 12.0 Å².